The lowest BCUT2D eigenvalue weighted by molar-refractivity contribution is 0.386. The van der Waals surface area contributed by atoms with Crippen molar-refractivity contribution < 1.29 is 17.9 Å². The molecule has 6 nitrogen and oxygen atoms in total. The Morgan fingerprint density at radius 3 is 2.52 bits per heavy atom. The Balaban J connectivity index is 2.40. The molecule has 0 unspecified atom stereocenters. The smallest absolute Gasteiger partial charge is 0.266 e. The van der Waals surface area contributed by atoms with E-state index in [0.717, 1.165) is 0 Å². The lowest BCUT2D eigenvalue weighted by atomic mass is 10.3. The fraction of sp³-hybridized carbons (Fsp3) is 0.154. The van der Waals surface area contributed by atoms with Crippen LogP contribution in [-0.4, -0.2) is 27.6 Å². The standard InChI is InChI=1S/C13H13ClN2O4S/c1-19-9-6-7-11(10(8-9)20-2)21(17,18)16-13-5-3-4-12(14)15-13/h3-8H,1-2H3,(H,15,16). The van der Waals surface area contributed by atoms with Crippen LogP contribution in [0.1, 0.15) is 0 Å². The predicted octanol–water partition coefficient (Wildman–Crippen LogP) is 2.55. The molecule has 0 saturated carbocycles. The molecule has 0 aliphatic heterocycles. The fourth-order valence-electron chi connectivity index (χ4n) is 1.65. The van der Waals surface area contributed by atoms with E-state index in [1.807, 2.05) is 0 Å². The minimum absolute atomic E-state index is 0.0208. The molecule has 2 rings (SSSR count). The molecule has 0 bridgehead atoms. The van der Waals surface area contributed by atoms with Gasteiger partial charge in [-0.15, -0.1) is 0 Å². The molecule has 0 atom stereocenters. The van der Waals surface area contributed by atoms with Crippen LogP contribution in [-0.2, 0) is 10.0 Å². The summed E-state index contributed by atoms with van der Waals surface area (Å²) in [5.74, 6) is 0.788. The SMILES string of the molecule is COc1ccc(S(=O)(=O)Nc2cccc(Cl)n2)c(OC)c1. The highest BCUT2D eigenvalue weighted by Crippen LogP contribution is 2.29. The maximum atomic E-state index is 12.4. The quantitative estimate of drug-likeness (QED) is 0.853. The van der Waals surface area contributed by atoms with Crippen LogP contribution in [0.5, 0.6) is 11.5 Å². The third-order valence-corrected chi connectivity index (χ3v) is 4.22. The average Bonchev–Trinajstić information content (AvgIpc) is 2.46. The van der Waals surface area contributed by atoms with Crippen molar-refractivity contribution >= 4 is 27.4 Å². The fourth-order valence-corrected chi connectivity index (χ4v) is 2.97. The second kappa shape index (κ2) is 6.19. The van der Waals surface area contributed by atoms with E-state index in [4.69, 9.17) is 21.1 Å². The Morgan fingerprint density at radius 1 is 1.14 bits per heavy atom. The molecule has 0 saturated heterocycles. The summed E-state index contributed by atoms with van der Waals surface area (Å²) in [5.41, 5.74) is 0. The van der Waals surface area contributed by atoms with Crippen molar-refractivity contribution in [3.63, 3.8) is 0 Å². The summed E-state index contributed by atoms with van der Waals surface area (Å²) < 4.78 is 37.2. The molecule has 0 fully saturated rings. The van der Waals surface area contributed by atoms with Gasteiger partial charge in [0.1, 0.15) is 27.4 Å². The minimum atomic E-state index is -3.85. The van der Waals surface area contributed by atoms with Crippen LogP contribution < -0.4 is 14.2 Å². The topological polar surface area (TPSA) is 77.5 Å². The summed E-state index contributed by atoms with van der Waals surface area (Å²) in [6.07, 6.45) is 0. The largest absolute Gasteiger partial charge is 0.497 e. The van der Waals surface area contributed by atoms with Gasteiger partial charge in [0.15, 0.2) is 0 Å². The zero-order valence-corrected chi connectivity index (χ0v) is 12.9. The Bertz CT molecular complexity index is 750. The van der Waals surface area contributed by atoms with Gasteiger partial charge >= 0.3 is 0 Å². The Hall–Kier alpha value is -1.99. The number of nitrogens with one attached hydrogen (secondary N) is 1. The molecule has 2 aromatic rings. The third kappa shape index (κ3) is 3.56. The zero-order chi connectivity index (χ0) is 15.5. The lowest BCUT2D eigenvalue weighted by Gasteiger charge is -2.12. The van der Waals surface area contributed by atoms with Gasteiger partial charge in [0, 0.05) is 6.07 Å². The van der Waals surface area contributed by atoms with Crippen molar-refractivity contribution in [1.82, 2.24) is 4.98 Å². The highest BCUT2D eigenvalue weighted by atomic mass is 35.5. The molecule has 1 heterocycles. The van der Waals surface area contributed by atoms with Gasteiger partial charge < -0.3 is 9.47 Å². The number of hydrogen-bond donors (Lipinski definition) is 1. The molecule has 0 radical (unpaired) electrons. The maximum Gasteiger partial charge on any atom is 0.266 e. The summed E-state index contributed by atoms with van der Waals surface area (Å²) in [5, 5.41) is 0.192. The first-order chi connectivity index (χ1) is 9.96. The van der Waals surface area contributed by atoms with Gasteiger partial charge in [-0.3, -0.25) is 4.72 Å². The number of anilines is 1. The van der Waals surface area contributed by atoms with Crippen LogP contribution in [0.15, 0.2) is 41.3 Å². The monoisotopic (exact) mass is 328 g/mol. The number of sulfonamides is 1. The molecule has 1 aromatic heterocycles. The first-order valence-corrected chi connectivity index (χ1v) is 7.70. The van der Waals surface area contributed by atoms with Gasteiger partial charge in [0.05, 0.1) is 14.2 Å². The first-order valence-electron chi connectivity index (χ1n) is 5.83. The molecule has 0 amide bonds. The molecular formula is C13H13ClN2O4S. The van der Waals surface area contributed by atoms with Crippen molar-refractivity contribution in [1.29, 1.82) is 0 Å². The Morgan fingerprint density at radius 2 is 1.90 bits per heavy atom. The molecule has 1 aromatic carbocycles. The lowest BCUT2D eigenvalue weighted by Crippen LogP contribution is -2.15. The third-order valence-electron chi connectivity index (χ3n) is 2.61. The second-order valence-electron chi connectivity index (χ2n) is 3.97. The molecule has 0 spiro atoms. The van der Waals surface area contributed by atoms with Crippen LogP contribution >= 0.6 is 11.6 Å². The van der Waals surface area contributed by atoms with Gasteiger partial charge in [0.25, 0.3) is 10.0 Å². The summed E-state index contributed by atoms with van der Waals surface area (Å²) in [7, 11) is -0.986. The van der Waals surface area contributed by atoms with E-state index < -0.39 is 10.0 Å². The highest BCUT2D eigenvalue weighted by molar-refractivity contribution is 7.92. The van der Waals surface area contributed by atoms with E-state index in [2.05, 4.69) is 9.71 Å². The number of aromatic nitrogens is 1. The summed E-state index contributed by atoms with van der Waals surface area (Å²) >= 11 is 5.73. The van der Waals surface area contributed by atoms with Crippen LogP contribution in [0.25, 0.3) is 0 Å². The first kappa shape index (κ1) is 15.4. The maximum absolute atomic E-state index is 12.4. The Labute approximate surface area is 127 Å². The van der Waals surface area contributed by atoms with Crippen LogP contribution in [0.2, 0.25) is 5.15 Å². The van der Waals surface area contributed by atoms with Crippen LogP contribution in [0, 0.1) is 0 Å². The van der Waals surface area contributed by atoms with Crippen LogP contribution in [0.3, 0.4) is 0 Å². The number of pyridine rings is 1. The molecule has 1 N–H and O–H groups in total. The van der Waals surface area contributed by atoms with Gasteiger partial charge in [-0.1, -0.05) is 17.7 Å². The van der Waals surface area contributed by atoms with Crippen molar-refractivity contribution in [2.24, 2.45) is 0 Å². The number of hydrogen-bond acceptors (Lipinski definition) is 5. The van der Waals surface area contributed by atoms with Gasteiger partial charge in [-0.05, 0) is 24.3 Å². The zero-order valence-electron chi connectivity index (χ0n) is 11.3. The van der Waals surface area contributed by atoms with E-state index in [9.17, 15) is 8.42 Å². The number of halogens is 1. The van der Waals surface area contributed by atoms with Gasteiger partial charge in [-0.2, -0.15) is 0 Å². The predicted molar refractivity (Wildman–Crippen MR) is 79.6 cm³/mol. The van der Waals surface area contributed by atoms with Crippen LogP contribution in [0.4, 0.5) is 5.82 Å². The van der Waals surface area contributed by atoms with E-state index in [1.165, 1.54) is 38.5 Å². The van der Waals surface area contributed by atoms with Crippen molar-refractivity contribution in [2.75, 3.05) is 18.9 Å². The van der Waals surface area contributed by atoms with Gasteiger partial charge in [0.2, 0.25) is 0 Å². The molecule has 0 aliphatic rings. The molecule has 8 heteroatoms. The molecule has 0 aliphatic carbocycles. The number of methoxy groups -OCH3 is 2. The summed E-state index contributed by atoms with van der Waals surface area (Å²) in [6.45, 7) is 0. The molecular weight excluding hydrogens is 316 g/mol. The van der Waals surface area contributed by atoms with Crippen molar-refractivity contribution in [2.45, 2.75) is 4.90 Å². The second-order valence-corrected chi connectivity index (χ2v) is 6.01. The average molecular weight is 329 g/mol. The molecule has 112 valence electrons. The Kier molecular flexibility index (Phi) is 4.54. The number of nitrogens with zero attached hydrogens (tertiary/aromatic N) is 1. The summed E-state index contributed by atoms with van der Waals surface area (Å²) in [6, 6.07) is 9.05. The number of ether oxygens (including phenoxy) is 2. The van der Waals surface area contributed by atoms with Gasteiger partial charge in [-0.25, -0.2) is 13.4 Å². The summed E-state index contributed by atoms with van der Waals surface area (Å²) in [4.78, 5) is 3.86. The van der Waals surface area contributed by atoms with E-state index in [1.54, 1.807) is 12.1 Å². The van der Waals surface area contributed by atoms with Crippen molar-refractivity contribution in [3.8, 4) is 11.5 Å². The number of rotatable bonds is 5. The normalized spacial score (nSPS) is 11.0. The molecule has 21 heavy (non-hydrogen) atoms. The van der Waals surface area contributed by atoms with Crippen molar-refractivity contribution in [3.05, 3.63) is 41.6 Å². The number of benzene rings is 1. The highest BCUT2D eigenvalue weighted by Gasteiger charge is 2.20. The van der Waals surface area contributed by atoms with E-state index in [0.29, 0.717) is 5.75 Å². The minimum Gasteiger partial charge on any atom is -0.497 e. The van der Waals surface area contributed by atoms with E-state index in [-0.39, 0.29) is 21.6 Å². The van der Waals surface area contributed by atoms with E-state index >= 15 is 0 Å².